The maximum atomic E-state index is 10.3. The monoisotopic (exact) mass is 186 g/mol. The summed E-state index contributed by atoms with van der Waals surface area (Å²) in [7, 11) is 0. The quantitative estimate of drug-likeness (QED) is 0.206. The van der Waals surface area contributed by atoms with E-state index in [9.17, 15) is 14.4 Å². The van der Waals surface area contributed by atoms with E-state index in [-0.39, 0.29) is 6.42 Å². The molecule has 0 atom stereocenters. The molecule has 13 heavy (non-hydrogen) atoms. The molecule has 0 rings (SSSR count). The summed E-state index contributed by atoms with van der Waals surface area (Å²) in [6, 6.07) is 0. The minimum absolute atomic E-state index is 0.284. The minimum Gasteiger partial charge on any atom is -0.477 e. The zero-order valence-corrected chi connectivity index (χ0v) is 6.90. The van der Waals surface area contributed by atoms with Crippen molar-refractivity contribution >= 4 is 18.2 Å². The number of carboxylic acid groups (broad SMARTS) is 2. The van der Waals surface area contributed by atoms with Crippen molar-refractivity contribution in [2.75, 3.05) is 0 Å². The first kappa shape index (κ1) is 11.4. The molecule has 0 aromatic heterocycles. The summed E-state index contributed by atoms with van der Waals surface area (Å²) in [5.41, 5.74) is -0.647. The summed E-state index contributed by atoms with van der Waals surface area (Å²) in [5, 5.41) is 16.8. The van der Waals surface area contributed by atoms with Crippen LogP contribution >= 0.6 is 0 Å². The van der Waals surface area contributed by atoms with E-state index in [1.165, 1.54) is 0 Å². The van der Waals surface area contributed by atoms with Gasteiger partial charge in [-0.3, -0.25) is 0 Å². The molecule has 0 aromatic carbocycles. The Bertz CT molecular complexity index is 225. The predicted octanol–water partition coefficient (Wildman–Crippen LogP) is 0.451. The van der Waals surface area contributed by atoms with Crippen molar-refractivity contribution in [3.8, 4) is 0 Å². The standard InChI is InChI=1S/C8H10O5/c9-5-3-1-2-4-6(7(10)11)8(12)13/h4-5H,1-3H2,(H,10,11)(H,12,13). The van der Waals surface area contributed by atoms with Crippen LogP contribution in [-0.4, -0.2) is 28.4 Å². The molecule has 0 saturated carbocycles. The lowest BCUT2D eigenvalue weighted by Gasteiger charge is -1.94. The average molecular weight is 186 g/mol. The first-order valence-corrected chi connectivity index (χ1v) is 3.70. The van der Waals surface area contributed by atoms with Crippen molar-refractivity contribution in [2.24, 2.45) is 0 Å². The fourth-order valence-electron chi connectivity index (χ4n) is 0.714. The molecular formula is C8H10O5. The normalized spacial score (nSPS) is 8.92. The lowest BCUT2D eigenvalue weighted by atomic mass is 10.1. The Hall–Kier alpha value is -1.65. The van der Waals surface area contributed by atoms with E-state index in [0.717, 1.165) is 6.08 Å². The second-order valence-corrected chi connectivity index (χ2v) is 2.33. The molecule has 5 nitrogen and oxygen atoms in total. The molecule has 5 heteroatoms. The Kier molecular flexibility index (Phi) is 5.18. The number of unbranched alkanes of at least 4 members (excludes halogenated alkanes) is 2. The minimum atomic E-state index is -1.46. The highest BCUT2D eigenvalue weighted by Gasteiger charge is 2.14. The Balaban J connectivity index is 4.13. The Morgan fingerprint density at radius 3 is 2.00 bits per heavy atom. The van der Waals surface area contributed by atoms with Crippen molar-refractivity contribution in [3.05, 3.63) is 11.6 Å². The summed E-state index contributed by atoms with van der Waals surface area (Å²) in [4.78, 5) is 30.4. The van der Waals surface area contributed by atoms with E-state index in [1.807, 2.05) is 0 Å². The van der Waals surface area contributed by atoms with Gasteiger partial charge in [-0.25, -0.2) is 9.59 Å². The number of rotatable bonds is 6. The molecule has 0 aliphatic carbocycles. The molecule has 0 amide bonds. The molecule has 0 radical (unpaired) electrons. The van der Waals surface area contributed by atoms with E-state index in [2.05, 4.69) is 0 Å². The molecule has 0 saturated heterocycles. The number of aldehydes is 1. The predicted molar refractivity (Wildman–Crippen MR) is 43.3 cm³/mol. The van der Waals surface area contributed by atoms with E-state index in [1.54, 1.807) is 0 Å². The molecule has 72 valence electrons. The van der Waals surface area contributed by atoms with Crippen LogP contribution in [0.1, 0.15) is 19.3 Å². The fraction of sp³-hybridized carbons (Fsp3) is 0.375. The summed E-state index contributed by atoms with van der Waals surface area (Å²) in [5.74, 6) is -2.92. The van der Waals surface area contributed by atoms with Crippen LogP contribution in [-0.2, 0) is 14.4 Å². The van der Waals surface area contributed by atoms with Crippen LogP contribution in [0.2, 0.25) is 0 Å². The highest BCUT2D eigenvalue weighted by atomic mass is 16.4. The lowest BCUT2D eigenvalue weighted by molar-refractivity contribution is -0.140. The van der Waals surface area contributed by atoms with Gasteiger partial charge in [0.15, 0.2) is 0 Å². The van der Waals surface area contributed by atoms with Gasteiger partial charge in [0.25, 0.3) is 0 Å². The Morgan fingerprint density at radius 1 is 1.08 bits per heavy atom. The van der Waals surface area contributed by atoms with Gasteiger partial charge >= 0.3 is 11.9 Å². The molecule has 0 aromatic rings. The second kappa shape index (κ2) is 5.93. The van der Waals surface area contributed by atoms with Gasteiger partial charge in [0, 0.05) is 6.42 Å². The zero-order valence-electron chi connectivity index (χ0n) is 6.90. The first-order chi connectivity index (χ1) is 6.09. The lowest BCUT2D eigenvalue weighted by Crippen LogP contribution is -2.10. The van der Waals surface area contributed by atoms with Gasteiger partial charge in [-0.1, -0.05) is 6.08 Å². The molecule has 0 bridgehead atoms. The number of carbonyl (C=O) groups excluding carboxylic acids is 1. The van der Waals surface area contributed by atoms with Crippen LogP contribution in [0.4, 0.5) is 0 Å². The van der Waals surface area contributed by atoms with Gasteiger partial charge in [0.2, 0.25) is 0 Å². The topological polar surface area (TPSA) is 91.7 Å². The molecule has 0 unspecified atom stereocenters. The third kappa shape index (κ3) is 4.73. The van der Waals surface area contributed by atoms with Crippen molar-refractivity contribution in [1.29, 1.82) is 0 Å². The van der Waals surface area contributed by atoms with Gasteiger partial charge in [-0.2, -0.15) is 0 Å². The smallest absolute Gasteiger partial charge is 0.342 e. The van der Waals surface area contributed by atoms with Gasteiger partial charge in [-0.15, -0.1) is 0 Å². The summed E-state index contributed by atoms with van der Waals surface area (Å²) in [6.07, 6.45) is 2.87. The van der Waals surface area contributed by atoms with E-state index in [0.29, 0.717) is 19.1 Å². The number of aliphatic carboxylic acids is 2. The van der Waals surface area contributed by atoms with E-state index in [4.69, 9.17) is 10.2 Å². The highest BCUT2D eigenvalue weighted by Crippen LogP contribution is 2.01. The molecule has 0 fully saturated rings. The van der Waals surface area contributed by atoms with Crippen molar-refractivity contribution in [1.82, 2.24) is 0 Å². The summed E-state index contributed by atoms with van der Waals surface area (Å²) >= 11 is 0. The van der Waals surface area contributed by atoms with Crippen LogP contribution in [0.25, 0.3) is 0 Å². The molecule has 0 spiro atoms. The van der Waals surface area contributed by atoms with Crippen molar-refractivity contribution < 1.29 is 24.6 Å². The third-order valence-corrected chi connectivity index (χ3v) is 1.34. The molecular weight excluding hydrogens is 176 g/mol. The average Bonchev–Trinajstić information content (AvgIpc) is 2.02. The summed E-state index contributed by atoms with van der Waals surface area (Å²) < 4.78 is 0. The fourth-order valence-corrected chi connectivity index (χ4v) is 0.714. The van der Waals surface area contributed by atoms with Crippen LogP contribution in [0.3, 0.4) is 0 Å². The Morgan fingerprint density at radius 2 is 1.62 bits per heavy atom. The highest BCUT2D eigenvalue weighted by molar-refractivity contribution is 6.12. The van der Waals surface area contributed by atoms with Gasteiger partial charge in [0.1, 0.15) is 11.9 Å². The van der Waals surface area contributed by atoms with E-state index < -0.39 is 17.5 Å². The van der Waals surface area contributed by atoms with Crippen molar-refractivity contribution in [2.45, 2.75) is 19.3 Å². The first-order valence-electron chi connectivity index (χ1n) is 3.70. The maximum absolute atomic E-state index is 10.3. The molecule has 0 heterocycles. The molecule has 2 N–H and O–H groups in total. The van der Waals surface area contributed by atoms with Gasteiger partial charge < -0.3 is 15.0 Å². The van der Waals surface area contributed by atoms with Crippen LogP contribution in [0, 0.1) is 0 Å². The third-order valence-electron chi connectivity index (χ3n) is 1.34. The number of hydrogen-bond donors (Lipinski definition) is 2. The van der Waals surface area contributed by atoms with Crippen LogP contribution < -0.4 is 0 Å². The van der Waals surface area contributed by atoms with Gasteiger partial charge in [0.05, 0.1) is 0 Å². The number of carboxylic acids is 2. The molecule has 0 aliphatic heterocycles. The number of carbonyl (C=O) groups is 3. The second-order valence-electron chi connectivity index (χ2n) is 2.33. The number of allylic oxidation sites excluding steroid dienone is 1. The zero-order chi connectivity index (χ0) is 10.3. The van der Waals surface area contributed by atoms with Crippen LogP contribution in [0.15, 0.2) is 11.6 Å². The van der Waals surface area contributed by atoms with Crippen LogP contribution in [0.5, 0.6) is 0 Å². The maximum Gasteiger partial charge on any atom is 0.342 e. The van der Waals surface area contributed by atoms with Crippen molar-refractivity contribution in [3.63, 3.8) is 0 Å². The Labute approximate surface area is 74.7 Å². The largest absolute Gasteiger partial charge is 0.477 e. The molecule has 0 aliphatic rings. The number of hydrogen-bond acceptors (Lipinski definition) is 3. The van der Waals surface area contributed by atoms with Gasteiger partial charge in [-0.05, 0) is 12.8 Å². The van der Waals surface area contributed by atoms with E-state index >= 15 is 0 Å². The SMILES string of the molecule is O=CCCCC=C(C(=O)O)C(=O)O. The summed E-state index contributed by atoms with van der Waals surface area (Å²) in [6.45, 7) is 0.